The maximum Gasteiger partial charge on any atom is 0.0724 e. The van der Waals surface area contributed by atoms with Gasteiger partial charge in [0.1, 0.15) is 0 Å². The molecule has 0 spiro atoms. The van der Waals surface area contributed by atoms with Gasteiger partial charge in [0.15, 0.2) is 0 Å². The Morgan fingerprint density at radius 2 is 2.31 bits per heavy atom. The molecular formula is C9H18N4. The molecule has 1 heterocycles. The van der Waals surface area contributed by atoms with Gasteiger partial charge in [0.2, 0.25) is 0 Å². The van der Waals surface area contributed by atoms with Crippen LogP contribution in [0.15, 0.2) is 6.20 Å². The zero-order valence-corrected chi connectivity index (χ0v) is 8.62. The molecule has 1 aromatic rings. The minimum Gasteiger partial charge on any atom is -0.315 e. The second-order valence-electron chi connectivity index (χ2n) is 3.56. The fourth-order valence-corrected chi connectivity index (χ4v) is 1.20. The number of nitrogens with one attached hydrogen (secondary N) is 1. The predicted molar refractivity (Wildman–Crippen MR) is 52.5 cm³/mol. The minimum atomic E-state index is 0.574. The molecule has 0 atom stereocenters. The Morgan fingerprint density at radius 3 is 2.85 bits per heavy atom. The third-order valence-corrected chi connectivity index (χ3v) is 1.97. The molecule has 74 valence electrons. The van der Waals surface area contributed by atoms with E-state index in [2.05, 4.69) is 29.5 Å². The van der Waals surface area contributed by atoms with Gasteiger partial charge in [-0.2, -0.15) is 0 Å². The average Bonchev–Trinajstić information content (AvgIpc) is 2.45. The largest absolute Gasteiger partial charge is 0.315 e. The lowest BCUT2D eigenvalue weighted by atomic mass is 10.2. The van der Waals surface area contributed by atoms with Crippen LogP contribution in [0.25, 0.3) is 0 Å². The lowest BCUT2D eigenvalue weighted by Gasteiger charge is -2.06. The lowest BCUT2D eigenvalue weighted by Crippen LogP contribution is -2.24. The summed E-state index contributed by atoms with van der Waals surface area (Å²) in [5, 5.41) is 11.1. The highest BCUT2D eigenvalue weighted by Gasteiger charge is 1.99. The highest BCUT2D eigenvalue weighted by atomic mass is 15.4. The molecule has 0 saturated carbocycles. The molecule has 4 nitrogen and oxygen atoms in total. The summed E-state index contributed by atoms with van der Waals surface area (Å²) in [4.78, 5) is 0. The van der Waals surface area contributed by atoms with Gasteiger partial charge >= 0.3 is 0 Å². The topological polar surface area (TPSA) is 42.7 Å². The van der Waals surface area contributed by atoms with Crippen molar-refractivity contribution in [3.8, 4) is 0 Å². The van der Waals surface area contributed by atoms with Crippen molar-refractivity contribution < 1.29 is 0 Å². The first-order valence-corrected chi connectivity index (χ1v) is 4.77. The Balaban J connectivity index is 2.17. The summed E-state index contributed by atoms with van der Waals surface area (Å²) in [5.74, 6) is 0. The van der Waals surface area contributed by atoms with Crippen LogP contribution in [-0.2, 0) is 13.5 Å². The van der Waals surface area contributed by atoms with Crippen LogP contribution in [0.1, 0.15) is 26.0 Å². The van der Waals surface area contributed by atoms with Crippen LogP contribution < -0.4 is 5.32 Å². The molecule has 0 unspecified atom stereocenters. The monoisotopic (exact) mass is 182 g/mol. The summed E-state index contributed by atoms with van der Waals surface area (Å²) in [7, 11) is 1.93. The van der Waals surface area contributed by atoms with Gasteiger partial charge in [0.05, 0.1) is 11.9 Å². The SMILES string of the molecule is CC(C)NCCCc1cnnn1C. The summed E-state index contributed by atoms with van der Waals surface area (Å²) in [6.45, 7) is 5.38. The molecule has 0 bridgehead atoms. The molecule has 1 rings (SSSR count). The Bertz CT molecular complexity index is 242. The van der Waals surface area contributed by atoms with Gasteiger partial charge in [-0.15, -0.1) is 5.10 Å². The summed E-state index contributed by atoms with van der Waals surface area (Å²) in [5.41, 5.74) is 1.20. The van der Waals surface area contributed by atoms with E-state index in [9.17, 15) is 0 Å². The molecule has 13 heavy (non-hydrogen) atoms. The summed E-state index contributed by atoms with van der Waals surface area (Å²) in [6, 6.07) is 0.574. The molecule has 1 aromatic heterocycles. The van der Waals surface area contributed by atoms with Crippen LogP contribution in [-0.4, -0.2) is 27.6 Å². The van der Waals surface area contributed by atoms with Gasteiger partial charge in [0, 0.05) is 13.1 Å². The van der Waals surface area contributed by atoms with Crippen molar-refractivity contribution in [3.63, 3.8) is 0 Å². The van der Waals surface area contributed by atoms with Gasteiger partial charge in [-0.3, -0.25) is 4.68 Å². The summed E-state index contributed by atoms with van der Waals surface area (Å²) >= 11 is 0. The van der Waals surface area contributed by atoms with E-state index in [-0.39, 0.29) is 0 Å². The number of hydrogen-bond acceptors (Lipinski definition) is 3. The smallest absolute Gasteiger partial charge is 0.0724 e. The van der Waals surface area contributed by atoms with E-state index in [1.807, 2.05) is 17.9 Å². The van der Waals surface area contributed by atoms with Gasteiger partial charge < -0.3 is 5.32 Å². The van der Waals surface area contributed by atoms with E-state index >= 15 is 0 Å². The van der Waals surface area contributed by atoms with E-state index < -0.39 is 0 Å². The average molecular weight is 182 g/mol. The zero-order chi connectivity index (χ0) is 9.68. The second-order valence-corrected chi connectivity index (χ2v) is 3.56. The van der Waals surface area contributed by atoms with Crippen molar-refractivity contribution in [2.45, 2.75) is 32.7 Å². The first-order valence-electron chi connectivity index (χ1n) is 4.77. The van der Waals surface area contributed by atoms with Crippen molar-refractivity contribution in [3.05, 3.63) is 11.9 Å². The van der Waals surface area contributed by atoms with Gasteiger partial charge in [0.25, 0.3) is 0 Å². The van der Waals surface area contributed by atoms with Crippen LogP contribution in [0.4, 0.5) is 0 Å². The van der Waals surface area contributed by atoms with Gasteiger partial charge in [-0.1, -0.05) is 19.1 Å². The quantitative estimate of drug-likeness (QED) is 0.683. The van der Waals surface area contributed by atoms with E-state index in [1.54, 1.807) is 0 Å². The predicted octanol–water partition coefficient (Wildman–Crippen LogP) is 0.746. The molecule has 1 N–H and O–H groups in total. The van der Waals surface area contributed by atoms with Crippen LogP contribution in [0.5, 0.6) is 0 Å². The standard InChI is InChI=1S/C9H18N4/c1-8(2)10-6-4-5-9-7-11-12-13(9)3/h7-8,10H,4-6H2,1-3H3. The summed E-state index contributed by atoms with van der Waals surface area (Å²) < 4.78 is 1.83. The Morgan fingerprint density at radius 1 is 1.54 bits per heavy atom. The molecule has 0 aliphatic rings. The van der Waals surface area contributed by atoms with Crippen molar-refractivity contribution in [1.82, 2.24) is 20.3 Å². The molecule has 0 aliphatic carbocycles. The minimum absolute atomic E-state index is 0.574. The number of rotatable bonds is 5. The van der Waals surface area contributed by atoms with Gasteiger partial charge in [-0.05, 0) is 19.4 Å². The fourth-order valence-electron chi connectivity index (χ4n) is 1.20. The van der Waals surface area contributed by atoms with Crippen molar-refractivity contribution in [2.24, 2.45) is 7.05 Å². The third kappa shape index (κ3) is 3.55. The molecule has 0 aliphatic heterocycles. The molecule has 0 saturated heterocycles. The summed E-state index contributed by atoms with van der Waals surface area (Å²) in [6.07, 6.45) is 4.01. The molecule has 4 heteroatoms. The van der Waals surface area contributed by atoms with Crippen molar-refractivity contribution in [2.75, 3.05) is 6.54 Å². The first kappa shape index (κ1) is 10.2. The Labute approximate surface area is 79.3 Å². The molecule has 0 amide bonds. The maximum atomic E-state index is 3.88. The number of aryl methyl sites for hydroxylation is 2. The van der Waals surface area contributed by atoms with Crippen LogP contribution in [0.2, 0.25) is 0 Å². The molecule has 0 fully saturated rings. The van der Waals surface area contributed by atoms with E-state index in [0.29, 0.717) is 6.04 Å². The molecule has 0 radical (unpaired) electrons. The van der Waals surface area contributed by atoms with Crippen LogP contribution in [0, 0.1) is 0 Å². The Kier molecular flexibility index (Phi) is 3.89. The van der Waals surface area contributed by atoms with Crippen LogP contribution >= 0.6 is 0 Å². The van der Waals surface area contributed by atoms with Crippen molar-refractivity contribution in [1.29, 1.82) is 0 Å². The first-order chi connectivity index (χ1) is 6.20. The zero-order valence-electron chi connectivity index (χ0n) is 8.62. The van der Waals surface area contributed by atoms with E-state index in [0.717, 1.165) is 19.4 Å². The number of nitrogens with zero attached hydrogens (tertiary/aromatic N) is 3. The van der Waals surface area contributed by atoms with E-state index in [4.69, 9.17) is 0 Å². The Hall–Kier alpha value is -0.900. The highest BCUT2D eigenvalue weighted by Crippen LogP contribution is 1.97. The van der Waals surface area contributed by atoms with Crippen molar-refractivity contribution >= 4 is 0 Å². The van der Waals surface area contributed by atoms with E-state index in [1.165, 1.54) is 5.69 Å². The second kappa shape index (κ2) is 4.97. The molecular weight excluding hydrogens is 164 g/mol. The number of hydrogen-bond donors (Lipinski definition) is 1. The number of aromatic nitrogens is 3. The fraction of sp³-hybridized carbons (Fsp3) is 0.778. The highest BCUT2D eigenvalue weighted by molar-refractivity contribution is 4.92. The maximum absolute atomic E-state index is 3.88. The van der Waals surface area contributed by atoms with Crippen LogP contribution in [0.3, 0.4) is 0 Å². The lowest BCUT2D eigenvalue weighted by molar-refractivity contribution is 0.561. The third-order valence-electron chi connectivity index (χ3n) is 1.97. The van der Waals surface area contributed by atoms with Gasteiger partial charge in [-0.25, -0.2) is 0 Å². The normalized spacial score (nSPS) is 11.1. The molecule has 0 aromatic carbocycles.